The molecule has 154 valence electrons. The van der Waals surface area contributed by atoms with Crippen molar-refractivity contribution >= 4 is 57.4 Å². The van der Waals surface area contributed by atoms with Crippen LogP contribution in [0, 0.1) is 0 Å². The Morgan fingerprint density at radius 2 is 2.13 bits per heavy atom. The molecule has 30 heavy (non-hydrogen) atoms. The van der Waals surface area contributed by atoms with E-state index in [0.717, 1.165) is 20.8 Å². The highest BCUT2D eigenvalue weighted by atomic mass is 35.5. The molecular weight excluding hydrogens is 461 g/mol. The molecule has 1 saturated heterocycles. The predicted molar refractivity (Wildman–Crippen MR) is 123 cm³/mol. The number of fused-ring (bicyclic) bond motifs is 1. The van der Waals surface area contributed by atoms with Crippen molar-refractivity contribution < 1.29 is 9.47 Å². The summed E-state index contributed by atoms with van der Waals surface area (Å²) in [5.41, 5.74) is 1.68. The molecule has 9 heteroatoms. The first-order chi connectivity index (χ1) is 14.5. The summed E-state index contributed by atoms with van der Waals surface area (Å²) < 4.78 is 15.8. The van der Waals surface area contributed by atoms with E-state index in [2.05, 4.69) is 11.1 Å². The SMILES string of the molecule is SC(c1nc2ccccc2s1)C1COC(Cn2ccnc2)(c2ccc(Cl)cc2Cl)O1. The standard InChI is InChI=1S/C21H17Cl2N3O2S2/c22-13-5-6-14(15(23)9-13)21(11-26-8-7-24-12-26)27-10-17(28-21)19(29)20-25-16-3-1-2-4-18(16)30-20/h1-9,12,17,19,29H,10-11H2. The molecule has 3 atom stereocenters. The molecule has 2 aromatic heterocycles. The molecule has 0 bridgehead atoms. The minimum absolute atomic E-state index is 0.238. The van der Waals surface area contributed by atoms with Gasteiger partial charge in [0.25, 0.3) is 0 Å². The van der Waals surface area contributed by atoms with Crippen LogP contribution in [0.2, 0.25) is 10.0 Å². The van der Waals surface area contributed by atoms with Crippen LogP contribution in [0.5, 0.6) is 0 Å². The van der Waals surface area contributed by atoms with Gasteiger partial charge in [-0.05, 0) is 24.3 Å². The molecule has 0 spiro atoms. The Hall–Kier alpha value is -1.61. The molecule has 0 radical (unpaired) electrons. The Kier molecular flexibility index (Phi) is 5.51. The number of rotatable bonds is 5. The van der Waals surface area contributed by atoms with E-state index in [-0.39, 0.29) is 11.4 Å². The third-order valence-electron chi connectivity index (χ3n) is 5.03. The van der Waals surface area contributed by atoms with E-state index in [1.165, 1.54) is 0 Å². The lowest BCUT2D eigenvalue weighted by Crippen LogP contribution is -2.34. The van der Waals surface area contributed by atoms with E-state index in [9.17, 15) is 0 Å². The van der Waals surface area contributed by atoms with Crippen molar-refractivity contribution in [2.45, 2.75) is 23.7 Å². The van der Waals surface area contributed by atoms with Crippen molar-refractivity contribution in [3.63, 3.8) is 0 Å². The van der Waals surface area contributed by atoms with Gasteiger partial charge in [0.05, 0.1) is 40.0 Å². The summed E-state index contributed by atoms with van der Waals surface area (Å²) in [6.45, 7) is 0.753. The number of hydrogen-bond acceptors (Lipinski definition) is 6. The van der Waals surface area contributed by atoms with E-state index in [0.29, 0.717) is 23.2 Å². The van der Waals surface area contributed by atoms with Crippen LogP contribution in [0.25, 0.3) is 10.2 Å². The monoisotopic (exact) mass is 477 g/mol. The number of ether oxygens (including phenoxy) is 2. The van der Waals surface area contributed by atoms with Gasteiger partial charge in [0.2, 0.25) is 5.79 Å². The molecule has 1 aliphatic heterocycles. The number of halogens is 2. The van der Waals surface area contributed by atoms with Gasteiger partial charge in [-0.15, -0.1) is 11.3 Å². The normalized spacial score (nSPS) is 22.6. The molecule has 1 fully saturated rings. The summed E-state index contributed by atoms with van der Waals surface area (Å²) >= 11 is 19.1. The summed E-state index contributed by atoms with van der Waals surface area (Å²) in [6.07, 6.45) is 4.99. The van der Waals surface area contributed by atoms with E-state index in [1.807, 2.05) is 35.0 Å². The molecule has 2 aromatic carbocycles. The predicted octanol–water partition coefficient (Wildman–Crippen LogP) is 5.74. The number of benzene rings is 2. The van der Waals surface area contributed by atoms with Crippen molar-refractivity contribution in [3.8, 4) is 0 Å². The van der Waals surface area contributed by atoms with Crippen LogP contribution in [0.1, 0.15) is 15.8 Å². The number of nitrogens with zero attached hydrogens (tertiary/aromatic N) is 3. The molecule has 4 aromatic rings. The third kappa shape index (κ3) is 3.75. The average Bonchev–Trinajstić information content (AvgIpc) is 3.47. The highest BCUT2D eigenvalue weighted by Crippen LogP contribution is 2.45. The Bertz CT molecular complexity index is 1150. The summed E-state index contributed by atoms with van der Waals surface area (Å²) in [5, 5.41) is 1.70. The van der Waals surface area contributed by atoms with Crippen molar-refractivity contribution in [2.24, 2.45) is 0 Å². The van der Waals surface area contributed by atoms with E-state index < -0.39 is 5.79 Å². The van der Waals surface area contributed by atoms with Gasteiger partial charge in [0, 0.05) is 23.0 Å². The fourth-order valence-corrected chi connectivity index (χ4v) is 5.51. The van der Waals surface area contributed by atoms with Gasteiger partial charge < -0.3 is 14.0 Å². The molecule has 1 aliphatic rings. The largest absolute Gasteiger partial charge is 0.342 e. The van der Waals surface area contributed by atoms with Gasteiger partial charge in [-0.2, -0.15) is 12.6 Å². The molecule has 5 nitrogen and oxygen atoms in total. The molecule has 5 rings (SSSR count). The van der Waals surface area contributed by atoms with Gasteiger partial charge in [0.1, 0.15) is 11.1 Å². The summed E-state index contributed by atoms with van der Waals surface area (Å²) in [4.78, 5) is 8.86. The fourth-order valence-electron chi connectivity index (χ4n) is 3.59. The molecule has 3 unspecified atom stereocenters. The first-order valence-corrected chi connectivity index (χ1v) is 11.4. The average molecular weight is 478 g/mol. The van der Waals surface area contributed by atoms with Crippen LogP contribution in [0.4, 0.5) is 0 Å². The lowest BCUT2D eigenvalue weighted by Gasteiger charge is -2.30. The van der Waals surface area contributed by atoms with Crippen molar-refractivity contribution in [3.05, 3.63) is 81.8 Å². The van der Waals surface area contributed by atoms with Crippen LogP contribution in [0.15, 0.2) is 61.2 Å². The zero-order valence-corrected chi connectivity index (χ0v) is 18.8. The van der Waals surface area contributed by atoms with Crippen molar-refractivity contribution in [1.82, 2.24) is 14.5 Å². The second-order valence-electron chi connectivity index (χ2n) is 7.04. The van der Waals surface area contributed by atoms with Gasteiger partial charge >= 0.3 is 0 Å². The number of thiazole rings is 1. The minimum atomic E-state index is -1.08. The molecule has 3 heterocycles. The lowest BCUT2D eigenvalue weighted by molar-refractivity contribution is -0.187. The maximum atomic E-state index is 6.54. The first-order valence-electron chi connectivity index (χ1n) is 9.31. The van der Waals surface area contributed by atoms with Crippen LogP contribution in [0.3, 0.4) is 0 Å². The second-order valence-corrected chi connectivity index (χ2v) is 9.51. The molecule has 0 N–H and O–H groups in total. The number of hydrogen-bond donors (Lipinski definition) is 1. The highest BCUT2D eigenvalue weighted by molar-refractivity contribution is 7.80. The number of thiol groups is 1. The van der Waals surface area contributed by atoms with Crippen LogP contribution in [-0.4, -0.2) is 27.2 Å². The highest BCUT2D eigenvalue weighted by Gasteiger charge is 2.47. The smallest absolute Gasteiger partial charge is 0.215 e. The molecule has 0 amide bonds. The second kappa shape index (κ2) is 8.15. The third-order valence-corrected chi connectivity index (χ3v) is 7.45. The maximum absolute atomic E-state index is 6.54. The molecular formula is C21H17Cl2N3O2S2. The van der Waals surface area contributed by atoms with Crippen LogP contribution in [-0.2, 0) is 21.8 Å². The zero-order valence-electron chi connectivity index (χ0n) is 15.6. The van der Waals surface area contributed by atoms with Gasteiger partial charge in [0.15, 0.2) is 0 Å². The Labute approximate surface area is 193 Å². The maximum Gasteiger partial charge on any atom is 0.215 e. The first kappa shape index (κ1) is 20.3. The van der Waals surface area contributed by atoms with Gasteiger partial charge in [-0.1, -0.05) is 41.4 Å². The summed E-state index contributed by atoms with van der Waals surface area (Å²) in [5.74, 6) is -1.08. The Morgan fingerprint density at radius 1 is 1.27 bits per heavy atom. The fraction of sp³-hybridized carbons (Fsp3) is 0.238. The molecule has 0 aliphatic carbocycles. The minimum Gasteiger partial charge on any atom is -0.342 e. The topological polar surface area (TPSA) is 49.2 Å². The summed E-state index contributed by atoms with van der Waals surface area (Å²) in [7, 11) is 0. The van der Waals surface area contributed by atoms with Crippen LogP contribution >= 0.6 is 47.2 Å². The van der Waals surface area contributed by atoms with E-state index in [1.54, 1.807) is 36.0 Å². The van der Waals surface area contributed by atoms with E-state index >= 15 is 0 Å². The van der Waals surface area contributed by atoms with E-state index in [4.69, 9.17) is 50.3 Å². The van der Waals surface area contributed by atoms with Crippen molar-refractivity contribution in [1.29, 1.82) is 0 Å². The number of imidazole rings is 1. The molecule has 0 saturated carbocycles. The van der Waals surface area contributed by atoms with Crippen LogP contribution < -0.4 is 0 Å². The number of aromatic nitrogens is 3. The van der Waals surface area contributed by atoms with Crippen molar-refractivity contribution in [2.75, 3.05) is 6.61 Å². The Balaban J connectivity index is 1.48. The zero-order chi connectivity index (χ0) is 20.7. The Morgan fingerprint density at radius 3 is 2.90 bits per heavy atom. The lowest BCUT2D eigenvalue weighted by atomic mass is 10.1. The van der Waals surface area contributed by atoms with Gasteiger partial charge in [-0.25, -0.2) is 9.97 Å². The quantitative estimate of drug-likeness (QED) is 0.372. The van der Waals surface area contributed by atoms with Gasteiger partial charge in [-0.3, -0.25) is 0 Å². The number of para-hydroxylation sites is 1. The summed E-state index contributed by atoms with van der Waals surface area (Å²) in [6, 6.07) is 13.4.